The van der Waals surface area contributed by atoms with Crippen molar-refractivity contribution < 1.29 is 14.0 Å². The molecule has 0 spiro atoms. The number of carbonyl (C=O) groups is 2. The molecule has 3 heterocycles. The number of nitrogens with zero attached hydrogens (tertiary/aromatic N) is 4. The van der Waals surface area contributed by atoms with Gasteiger partial charge in [0.1, 0.15) is 12.4 Å². The van der Waals surface area contributed by atoms with Crippen molar-refractivity contribution in [1.82, 2.24) is 14.7 Å². The molecule has 0 radical (unpaired) electrons. The lowest BCUT2D eigenvalue weighted by molar-refractivity contribution is -0.119. The normalized spacial score (nSPS) is 17.7. The molecular formula is C25H35FN4O2S. The molecule has 2 amide bonds. The molecule has 6 nitrogen and oxygen atoms in total. The Balaban J connectivity index is 0.00000149. The average molecular weight is 475 g/mol. The van der Waals surface area contributed by atoms with E-state index in [1.807, 2.05) is 26.8 Å². The molecule has 0 saturated carbocycles. The molecule has 2 aliphatic rings. The predicted molar refractivity (Wildman–Crippen MR) is 132 cm³/mol. The number of thiophene rings is 1. The predicted octanol–water partition coefficient (Wildman–Crippen LogP) is 3.85. The summed E-state index contributed by atoms with van der Waals surface area (Å²) in [6, 6.07) is 8.48. The molecule has 0 bridgehead atoms. The second kappa shape index (κ2) is 11.7. The van der Waals surface area contributed by atoms with Crippen molar-refractivity contribution in [2.75, 3.05) is 57.8 Å². The summed E-state index contributed by atoms with van der Waals surface area (Å²) in [4.78, 5) is 35.7. The Morgan fingerprint density at radius 2 is 1.82 bits per heavy atom. The number of carbonyl (C=O) groups excluding carboxylic acids is 2. The number of aryl methyl sites for hydroxylation is 1. The van der Waals surface area contributed by atoms with E-state index in [9.17, 15) is 14.0 Å². The third-order valence-corrected chi connectivity index (χ3v) is 7.04. The third-order valence-electron chi connectivity index (χ3n) is 6.05. The Labute approximate surface area is 200 Å². The quantitative estimate of drug-likeness (QED) is 0.676. The lowest BCUT2D eigenvalue weighted by Crippen LogP contribution is -2.43. The first-order valence-corrected chi connectivity index (χ1v) is 12.6. The fourth-order valence-electron chi connectivity index (χ4n) is 4.25. The molecule has 1 saturated heterocycles. The number of amides is 2. The zero-order valence-electron chi connectivity index (χ0n) is 20.1. The van der Waals surface area contributed by atoms with Gasteiger partial charge in [0.15, 0.2) is 0 Å². The van der Waals surface area contributed by atoms with Crippen molar-refractivity contribution >= 4 is 28.8 Å². The molecule has 0 aliphatic carbocycles. The maximum atomic E-state index is 14.8. The zero-order valence-corrected chi connectivity index (χ0v) is 21.0. The molecule has 1 fully saturated rings. The third kappa shape index (κ3) is 6.19. The van der Waals surface area contributed by atoms with Gasteiger partial charge in [0.2, 0.25) is 5.91 Å². The summed E-state index contributed by atoms with van der Waals surface area (Å²) in [7, 11) is 2.13. The first kappa shape index (κ1) is 25.3. The van der Waals surface area contributed by atoms with Crippen molar-refractivity contribution in [2.24, 2.45) is 0 Å². The van der Waals surface area contributed by atoms with Crippen molar-refractivity contribution in [3.8, 4) is 0 Å². The highest BCUT2D eigenvalue weighted by Gasteiger charge is 2.31. The summed E-state index contributed by atoms with van der Waals surface area (Å²) in [6.07, 6.45) is 1.10. The van der Waals surface area contributed by atoms with Crippen LogP contribution in [-0.2, 0) is 11.3 Å². The summed E-state index contributed by atoms with van der Waals surface area (Å²) in [5, 5.41) is 0. The van der Waals surface area contributed by atoms with Gasteiger partial charge in [0, 0.05) is 36.6 Å². The van der Waals surface area contributed by atoms with E-state index in [-0.39, 0.29) is 30.7 Å². The summed E-state index contributed by atoms with van der Waals surface area (Å²) < 4.78 is 14.8. The van der Waals surface area contributed by atoms with Crippen LogP contribution in [0.2, 0.25) is 0 Å². The minimum atomic E-state index is -0.381. The topological polar surface area (TPSA) is 47.1 Å². The SMILES string of the molecule is CC.Cc1ccc(C(=O)N2CC(=O)N(CCN3CCCN(C)CC3)c3cccc(F)c3C2)s1. The number of benzene rings is 1. The number of rotatable bonds is 4. The van der Waals surface area contributed by atoms with Crippen molar-refractivity contribution in [3.63, 3.8) is 0 Å². The number of halogens is 1. The van der Waals surface area contributed by atoms with Crippen LogP contribution >= 0.6 is 11.3 Å². The van der Waals surface area contributed by atoms with E-state index in [0.717, 1.165) is 44.0 Å². The van der Waals surface area contributed by atoms with Crippen LogP contribution in [0.3, 0.4) is 0 Å². The molecule has 0 atom stereocenters. The molecule has 180 valence electrons. The van der Waals surface area contributed by atoms with Gasteiger partial charge in [0.25, 0.3) is 5.91 Å². The van der Waals surface area contributed by atoms with E-state index in [1.54, 1.807) is 23.1 Å². The monoisotopic (exact) mass is 474 g/mol. The molecule has 1 aromatic heterocycles. The van der Waals surface area contributed by atoms with Gasteiger partial charge in [-0.25, -0.2) is 4.39 Å². The molecule has 33 heavy (non-hydrogen) atoms. The highest BCUT2D eigenvalue weighted by Crippen LogP contribution is 2.29. The number of anilines is 1. The minimum Gasteiger partial charge on any atom is -0.324 e. The second-order valence-electron chi connectivity index (χ2n) is 8.35. The van der Waals surface area contributed by atoms with Gasteiger partial charge in [0.05, 0.1) is 17.1 Å². The molecule has 1 aromatic carbocycles. The van der Waals surface area contributed by atoms with Crippen LogP contribution in [0.4, 0.5) is 10.1 Å². The highest BCUT2D eigenvalue weighted by molar-refractivity contribution is 7.13. The van der Waals surface area contributed by atoms with E-state index >= 15 is 0 Å². The average Bonchev–Trinajstić information content (AvgIpc) is 3.05. The van der Waals surface area contributed by atoms with Gasteiger partial charge in [-0.3, -0.25) is 9.59 Å². The zero-order chi connectivity index (χ0) is 24.0. The molecule has 0 N–H and O–H groups in total. The fourth-order valence-corrected chi connectivity index (χ4v) is 5.08. The maximum absolute atomic E-state index is 14.8. The summed E-state index contributed by atoms with van der Waals surface area (Å²) >= 11 is 1.39. The Morgan fingerprint density at radius 1 is 1.03 bits per heavy atom. The van der Waals surface area contributed by atoms with Crippen molar-refractivity contribution in [1.29, 1.82) is 0 Å². The number of hydrogen-bond acceptors (Lipinski definition) is 5. The Morgan fingerprint density at radius 3 is 2.55 bits per heavy atom. The molecule has 2 aliphatic heterocycles. The molecular weight excluding hydrogens is 439 g/mol. The Hall–Kier alpha value is -2.29. The van der Waals surface area contributed by atoms with Gasteiger partial charge < -0.3 is 19.6 Å². The van der Waals surface area contributed by atoms with Crippen molar-refractivity contribution in [3.05, 3.63) is 51.5 Å². The number of hydrogen-bond donors (Lipinski definition) is 0. The van der Waals surface area contributed by atoms with Crippen LogP contribution in [0.15, 0.2) is 30.3 Å². The van der Waals surface area contributed by atoms with Crippen LogP contribution in [0, 0.1) is 12.7 Å². The van der Waals surface area contributed by atoms with E-state index in [4.69, 9.17) is 0 Å². The largest absolute Gasteiger partial charge is 0.324 e. The van der Waals surface area contributed by atoms with Crippen LogP contribution in [-0.4, -0.2) is 79.4 Å². The summed E-state index contributed by atoms with van der Waals surface area (Å²) in [5.41, 5.74) is 0.986. The lowest BCUT2D eigenvalue weighted by atomic mass is 10.1. The number of fused-ring (bicyclic) bond motifs is 1. The summed E-state index contributed by atoms with van der Waals surface area (Å²) in [5.74, 6) is -0.773. The maximum Gasteiger partial charge on any atom is 0.264 e. The van der Waals surface area contributed by atoms with Gasteiger partial charge in [-0.1, -0.05) is 19.9 Å². The van der Waals surface area contributed by atoms with E-state index in [1.165, 1.54) is 22.3 Å². The van der Waals surface area contributed by atoms with Gasteiger partial charge in [-0.15, -0.1) is 11.3 Å². The summed E-state index contributed by atoms with van der Waals surface area (Å²) in [6.45, 7) is 11.2. The Kier molecular flexibility index (Phi) is 9.00. The van der Waals surface area contributed by atoms with E-state index < -0.39 is 0 Å². The Bertz CT molecular complexity index is 964. The second-order valence-corrected chi connectivity index (χ2v) is 9.64. The standard InChI is InChI=1S/C23H29FN4O2S.C2H6/c1-17-7-8-21(31-17)23(30)27-15-18-19(24)5-3-6-20(18)28(22(29)16-27)14-13-26-10-4-9-25(2)11-12-26;1-2/h3,5-8H,4,9-16H2,1-2H3;1-2H3. The molecule has 2 aromatic rings. The van der Waals surface area contributed by atoms with E-state index in [2.05, 4.69) is 16.8 Å². The van der Waals surface area contributed by atoms with Crippen LogP contribution in [0.5, 0.6) is 0 Å². The van der Waals surface area contributed by atoms with Crippen LogP contribution < -0.4 is 4.90 Å². The first-order chi connectivity index (χ1) is 15.9. The lowest BCUT2D eigenvalue weighted by Gasteiger charge is -2.27. The molecule has 0 unspecified atom stereocenters. The van der Waals surface area contributed by atoms with Gasteiger partial charge in [-0.2, -0.15) is 0 Å². The van der Waals surface area contributed by atoms with Crippen LogP contribution in [0.1, 0.15) is 40.4 Å². The molecule has 4 rings (SSSR count). The van der Waals surface area contributed by atoms with Crippen molar-refractivity contribution in [2.45, 2.75) is 33.7 Å². The van der Waals surface area contributed by atoms with Crippen LogP contribution in [0.25, 0.3) is 0 Å². The minimum absolute atomic E-state index is 0.0490. The fraction of sp³-hybridized carbons (Fsp3) is 0.520. The van der Waals surface area contributed by atoms with Gasteiger partial charge in [-0.05, 0) is 57.7 Å². The van der Waals surface area contributed by atoms with Gasteiger partial charge >= 0.3 is 0 Å². The molecule has 8 heteroatoms. The number of likely N-dealkylation sites (N-methyl/N-ethyl adjacent to an activating group) is 1. The van der Waals surface area contributed by atoms with E-state index in [0.29, 0.717) is 22.7 Å². The first-order valence-electron chi connectivity index (χ1n) is 11.8. The smallest absolute Gasteiger partial charge is 0.264 e. The highest BCUT2D eigenvalue weighted by atomic mass is 32.1.